The van der Waals surface area contributed by atoms with Crippen LogP contribution in [0.25, 0.3) is 0 Å². The van der Waals surface area contributed by atoms with Crippen molar-refractivity contribution in [1.82, 2.24) is 5.32 Å². The molecule has 0 spiro atoms. The lowest BCUT2D eigenvalue weighted by atomic mass is 9.99. The zero-order valence-electron chi connectivity index (χ0n) is 10.6. The van der Waals surface area contributed by atoms with E-state index in [2.05, 4.69) is 29.6 Å². The molecule has 1 N–H and O–H groups in total. The maximum Gasteiger partial charge on any atom is 0.00682 e. The number of aryl methyl sites for hydroxylation is 1. The number of hydrogen-bond acceptors (Lipinski definition) is 1. The Morgan fingerprint density at radius 1 is 1.00 bits per heavy atom. The van der Waals surface area contributed by atoms with Crippen molar-refractivity contribution >= 4 is 0 Å². The largest absolute Gasteiger partial charge is 0.314 e. The van der Waals surface area contributed by atoms with E-state index in [4.69, 9.17) is 0 Å². The van der Waals surface area contributed by atoms with Crippen molar-refractivity contribution in [3.05, 3.63) is 35.4 Å². The second kappa shape index (κ2) is 5.22. The summed E-state index contributed by atoms with van der Waals surface area (Å²) in [4.78, 5) is 0. The Hall–Kier alpha value is -0.820. The molecule has 1 heteroatoms. The van der Waals surface area contributed by atoms with E-state index in [0.717, 1.165) is 12.0 Å². The van der Waals surface area contributed by atoms with Gasteiger partial charge >= 0.3 is 0 Å². The van der Waals surface area contributed by atoms with Gasteiger partial charge in [0.15, 0.2) is 0 Å². The number of unbranched alkanes of at least 4 members (excludes halogenated alkanes) is 1. The number of rotatable bonds is 7. The zero-order valence-corrected chi connectivity index (χ0v) is 10.6. The summed E-state index contributed by atoms with van der Waals surface area (Å²) in [5, 5.41) is 3.59. The van der Waals surface area contributed by atoms with Crippen LogP contribution in [-0.2, 0) is 6.42 Å². The first kappa shape index (κ1) is 11.3. The molecular formula is C16H23N. The van der Waals surface area contributed by atoms with Crippen LogP contribution >= 0.6 is 0 Å². The quantitative estimate of drug-likeness (QED) is 0.704. The summed E-state index contributed by atoms with van der Waals surface area (Å²) in [7, 11) is 0. The van der Waals surface area contributed by atoms with Crippen LogP contribution < -0.4 is 5.32 Å². The predicted octanol–water partition coefficient (Wildman–Crippen LogP) is 3.64. The van der Waals surface area contributed by atoms with Crippen LogP contribution in [0, 0.1) is 0 Å². The first-order valence-corrected chi connectivity index (χ1v) is 7.24. The summed E-state index contributed by atoms with van der Waals surface area (Å²) in [6.07, 6.45) is 9.59. The van der Waals surface area contributed by atoms with Gasteiger partial charge in [0.1, 0.15) is 0 Å². The molecule has 1 aromatic rings. The van der Waals surface area contributed by atoms with Gasteiger partial charge < -0.3 is 5.32 Å². The maximum atomic E-state index is 3.59. The molecule has 0 bridgehead atoms. The van der Waals surface area contributed by atoms with E-state index < -0.39 is 0 Å². The van der Waals surface area contributed by atoms with Crippen LogP contribution in [0.1, 0.15) is 55.6 Å². The predicted molar refractivity (Wildman–Crippen MR) is 72.4 cm³/mol. The molecule has 1 aromatic carbocycles. The number of hydrogen-bond donors (Lipinski definition) is 1. The molecule has 3 rings (SSSR count). The van der Waals surface area contributed by atoms with Crippen molar-refractivity contribution in [3.8, 4) is 0 Å². The first-order valence-electron chi connectivity index (χ1n) is 7.24. The summed E-state index contributed by atoms with van der Waals surface area (Å²) in [6.45, 7) is 1.22. The van der Waals surface area contributed by atoms with Crippen LogP contribution in [0.15, 0.2) is 24.3 Å². The molecule has 2 aliphatic rings. The highest BCUT2D eigenvalue weighted by atomic mass is 14.9. The van der Waals surface area contributed by atoms with E-state index in [0.29, 0.717) is 0 Å². The minimum absolute atomic E-state index is 0.869. The summed E-state index contributed by atoms with van der Waals surface area (Å²) >= 11 is 0. The third-order valence-electron chi connectivity index (χ3n) is 3.96. The van der Waals surface area contributed by atoms with Gasteiger partial charge in [-0.2, -0.15) is 0 Å². The SMILES string of the molecule is c1ccc(C2CC2)c(CCCCNC2CC2)c1. The zero-order chi connectivity index (χ0) is 11.5. The lowest BCUT2D eigenvalue weighted by Gasteiger charge is -2.08. The molecule has 0 atom stereocenters. The summed E-state index contributed by atoms with van der Waals surface area (Å²) < 4.78 is 0. The van der Waals surface area contributed by atoms with E-state index in [1.54, 1.807) is 11.1 Å². The molecular weight excluding hydrogens is 206 g/mol. The molecule has 2 aliphatic carbocycles. The molecule has 1 nitrogen and oxygen atoms in total. The average molecular weight is 229 g/mol. The standard InChI is InChI=1S/C16H23N/c1-2-7-16(14-8-9-14)13(5-1)6-3-4-12-17-15-10-11-15/h1-2,5,7,14-15,17H,3-4,6,8-12H2. The van der Waals surface area contributed by atoms with Gasteiger partial charge in [-0.1, -0.05) is 24.3 Å². The van der Waals surface area contributed by atoms with Gasteiger partial charge in [-0.05, 0) is 68.5 Å². The molecule has 2 fully saturated rings. The van der Waals surface area contributed by atoms with Crippen molar-refractivity contribution in [1.29, 1.82) is 0 Å². The van der Waals surface area contributed by atoms with Gasteiger partial charge in [0.2, 0.25) is 0 Å². The van der Waals surface area contributed by atoms with E-state index in [-0.39, 0.29) is 0 Å². The molecule has 0 saturated heterocycles. The van der Waals surface area contributed by atoms with E-state index in [1.807, 2.05) is 0 Å². The van der Waals surface area contributed by atoms with Crippen LogP contribution in [-0.4, -0.2) is 12.6 Å². The van der Waals surface area contributed by atoms with Crippen molar-refractivity contribution in [2.45, 2.75) is 56.9 Å². The molecule has 92 valence electrons. The smallest absolute Gasteiger partial charge is 0.00682 e. The minimum atomic E-state index is 0.869. The molecule has 0 amide bonds. The van der Waals surface area contributed by atoms with Gasteiger partial charge in [0.25, 0.3) is 0 Å². The van der Waals surface area contributed by atoms with Crippen molar-refractivity contribution in [2.24, 2.45) is 0 Å². The van der Waals surface area contributed by atoms with Gasteiger partial charge in [-0.15, -0.1) is 0 Å². The fraction of sp³-hybridized carbons (Fsp3) is 0.625. The third-order valence-corrected chi connectivity index (χ3v) is 3.96. The van der Waals surface area contributed by atoms with Gasteiger partial charge in [-0.3, -0.25) is 0 Å². The van der Waals surface area contributed by atoms with Crippen molar-refractivity contribution in [2.75, 3.05) is 6.54 Å². The Morgan fingerprint density at radius 3 is 2.59 bits per heavy atom. The second-order valence-corrected chi connectivity index (χ2v) is 5.66. The molecule has 0 radical (unpaired) electrons. The lowest BCUT2D eigenvalue weighted by Crippen LogP contribution is -2.17. The summed E-state index contributed by atoms with van der Waals surface area (Å²) in [5.41, 5.74) is 3.25. The third kappa shape index (κ3) is 3.32. The Morgan fingerprint density at radius 2 is 1.82 bits per heavy atom. The highest BCUT2D eigenvalue weighted by molar-refractivity contribution is 5.33. The van der Waals surface area contributed by atoms with Crippen LogP contribution in [0.4, 0.5) is 0 Å². The highest BCUT2D eigenvalue weighted by Crippen LogP contribution is 2.41. The molecule has 0 aromatic heterocycles. The minimum Gasteiger partial charge on any atom is -0.314 e. The van der Waals surface area contributed by atoms with Crippen molar-refractivity contribution in [3.63, 3.8) is 0 Å². The fourth-order valence-corrected chi connectivity index (χ4v) is 2.59. The normalized spacial score (nSPS) is 19.5. The Kier molecular flexibility index (Phi) is 3.46. The molecule has 0 unspecified atom stereocenters. The molecule has 0 aliphatic heterocycles. The van der Waals surface area contributed by atoms with Crippen LogP contribution in [0.2, 0.25) is 0 Å². The van der Waals surface area contributed by atoms with Crippen LogP contribution in [0.3, 0.4) is 0 Å². The maximum absolute atomic E-state index is 3.59. The van der Waals surface area contributed by atoms with E-state index in [1.165, 1.54) is 51.5 Å². The second-order valence-electron chi connectivity index (χ2n) is 5.66. The summed E-state index contributed by atoms with van der Waals surface area (Å²) in [5.74, 6) is 0.899. The highest BCUT2D eigenvalue weighted by Gasteiger charge is 2.25. The average Bonchev–Trinajstić information content (AvgIpc) is 3.23. The summed E-state index contributed by atoms with van der Waals surface area (Å²) in [6, 6.07) is 9.95. The first-order chi connectivity index (χ1) is 8.43. The molecule has 17 heavy (non-hydrogen) atoms. The number of nitrogens with one attached hydrogen (secondary N) is 1. The monoisotopic (exact) mass is 229 g/mol. The molecule has 2 saturated carbocycles. The number of benzene rings is 1. The molecule has 0 heterocycles. The van der Waals surface area contributed by atoms with Gasteiger partial charge in [0.05, 0.1) is 0 Å². The lowest BCUT2D eigenvalue weighted by molar-refractivity contribution is 0.619. The Labute approximate surface area is 105 Å². The van der Waals surface area contributed by atoms with Gasteiger partial charge in [0, 0.05) is 6.04 Å². The van der Waals surface area contributed by atoms with Crippen LogP contribution in [0.5, 0.6) is 0 Å². The van der Waals surface area contributed by atoms with Crippen molar-refractivity contribution < 1.29 is 0 Å². The van der Waals surface area contributed by atoms with E-state index in [9.17, 15) is 0 Å². The Bertz CT molecular complexity index is 364. The van der Waals surface area contributed by atoms with E-state index >= 15 is 0 Å². The Balaban J connectivity index is 1.43. The topological polar surface area (TPSA) is 12.0 Å². The fourth-order valence-electron chi connectivity index (χ4n) is 2.59. The van der Waals surface area contributed by atoms with Gasteiger partial charge in [-0.25, -0.2) is 0 Å².